The van der Waals surface area contributed by atoms with Crippen molar-refractivity contribution in [3.8, 4) is 0 Å². The molecular weight excluding hydrogens is 248 g/mol. The molecule has 0 aliphatic carbocycles. The van der Waals surface area contributed by atoms with E-state index in [2.05, 4.69) is 4.98 Å². The summed E-state index contributed by atoms with van der Waals surface area (Å²) in [5.74, 6) is 0. The van der Waals surface area contributed by atoms with Gasteiger partial charge in [0.15, 0.2) is 0 Å². The zero-order chi connectivity index (χ0) is 13.8. The van der Waals surface area contributed by atoms with Gasteiger partial charge in [-0.15, -0.1) is 0 Å². The van der Waals surface area contributed by atoms with Gasteiger partial charge in [-0.25, -0.2) is 4.79 Å². The minimum Gasteiger partial charge on any atom is -0.399 e. The van der Waals surface area contributed by atoms with Gasteiger partial charge in [-0.1, -0.05) is 12.1 Å². The molecule has 0 saturated heterocycles. The molecule has 0 fully saturated rings. The summed E-state index contributed by atoms with van der Waals surface area (Å²) < 4.78 is 1.23. The van der Waals surface area contributed by atoms with Crippen molar-refractivity contribution in [2.75, 3.05) is 5.73 Å². The lowest BCUT2D eigenvalue weighted by molar-refractivity contribution is -0.385. The molecule has 0 aliphatic rings. The van der Waals surface area contributed by atoms with Crippen molar-refractivity contribution in [2.45, 2.75) is 13.0 Å². The first-order chi connectivity index (χ1) is 9.06. The molecule has 0 aliphatic heterocycles. The van der Waals surface area contributed by atoms with Gasteiger partial charge in [0.25, 0.3) is 0 Å². The average Bonchev–Trinajstić information content (AvgIpc) is 2.39. The molecule has 19 heavy (non-hydrogen) atoms. The first-order valence-corrected chi connectivity index (χ1v) is 5.61. The molecule has 98 valence electrons. The predicted molar refractivity (Wildman–Crippen MR) is 69.7 cm³/mol. The summed E-state index contributed by atoms with van der Waals surface area (Å²) in [5.41, 5.74) is 6.53. The SMILES string of the molecule is Nc1ccc(CCn2cc([N+](=O)[O-])cnc2=O)cc1. The Hall–Kier alpha value is -2.70. The first-order valence-electron chi connectivity index (χ1n) is 5.61. The zero-order valence-electron chi connectivity index (χ0n) is 10.0. The fourth-order valence-electron chi connectivity index (χ4n) is 1.63. The van der Waals surface area contributed by atoms with Gasteiger partial charge in [0.05, 0.1) is 11.1 Å². The third-order valence-corrected chi connectivity index (χ3v) is 2.67. The number of aromatic nitrogens is 2. The molecule has 0 atom stereocenters. The molecule has 2 N–H and O–H groups in total. The maximum Gasteiger partial charge on any atom is 0.347 e. The number of rotatable bonds is 4. The van der Waals surface area contributed by atoms with Crippen LogP contribution in [0.5, 0.6) is 0 Å². The third-order valence-electron chi connectivity index (χ3n) is 2.67. The molecule has 0 saturated carbocycles. The van der Waals surface area contributed by atoms with Crippen LogP contribution >= 0.6 is 0 Å². The lowest BCUT2D eigenvalue weighted by Crippen LogP contribution is -2.23. The molecule has 1 aromatic carbocycles. The summed E-state index contributed by atoms with van der Waals surface area (Å²) in [7, 11) is 0. The van der Waals surface area contributed by atoms with E-state index in [0.29, 0.717) is 18.7 Å². The number of nitro groups is 1. The van der Waals surface area contributed by atoms with E-state index in [9.17, 15) is 14.9 Å². The standard InChI is InChI=1S/C12H12N4O3/c13-10-3-1-9(2-4-10)5-6-15-8-11(16(18)19)7-14-12(15)17/h1-4,7-8H,5-6,13H2. The number of nitrogens with two attached hydrogens (primary N) is 1. The van der Waals surface area contributed by atoms with Crippen LogP contribution in [0.3, 0.4) is 0 Å². The van der Waals surface area contributed by atoms with Crippen LogP contribution in [0.2, 0.25) is 0 Å². The highest BCUT2D eigenvalue weighted by Crippen LogP contribution is 2.08. The second kappa shape index (κ2) is 5.30. The van der Waals surface area contributed by atoms with Gasteiger partial charge in [-0.3, -0.25) is 14.7 Å². The van der Waals surface area contributed by atoms with E-state index in [1.165, 1.54) is 10.8 Å². The summed E-state index contributed by atoms with van der Waals surface area (Å²) in [6, 6.07) is 7.24. The van der Waals surface area contributed by atoms with Crippen LogP contribution in [-0.2, 0) is 13.0 Å². The largest absolute Gasteiger partial charge is 0.399 e. The highest BCUT2D eigenvalue weighted by molar-refractivity contribution is 5.39. The van der Waals surface area contributed by atoms with Gasteiger partial charge in [0.2, 0.25) is 0 Å². The van der Waals surface area contributed by atoms with Crippen LogP contribution in [0, 0.1) is 10.1 Å². The van der Waals surface area contributed by atoms with Crippen molar-refractivity contribution >= 4 is 11.4 Å². The second-order valence-corrected chi connectivity index (χ2v) is 4.04. The van der Waals surface area contributed by atoms with E-state index < -0.39 is 10.6 Å². The van der Waals surface area contributed by atoms with Gasteiger partial charge in [0, 0.05) is 12.2 Å². The number of nitrogen functional groups attached to an aromatic ring is 1. The van der Waals surface area contributed by atoms with Crippen molar-refractivity contribution in [3.05, 3.63) is 62.8 Å². The van der Waals surface area contributed by atoms with Crippen LogP contribution in [0.15, 0.2) is 41.5 Å². The number of anilines is 1. The van der Waals surface area contributed by atoms with Crippen LogP contribution in [0.4, 0.5) is 11.4 Å². The number of aryl methyl sites for hydroxylation is 2. The van der Waals surface area contributed by atoms with E-state index in [1.54, 1.807) is 12.1 Å². The van der Waals surface area contributed by atoms with Crippen molar-refractivity contribution < 1.29 is 4.92 Å². The van der Waals surface area contributed by atoms with E-state index in [0.717, 1.165) is 11.8 Å². The lowest BCUT2D eigenvalue weighted by Gasteiger charge is -2.05. The fourth-order valence-corrected chi connectivity index (χ4v) is 1.63. The molecular formula is C12H12N4O3. The van der Waals surface area contributed by atoms with E-state index in [1.807, 2.05) is 12.1 Å². The van der Waals surface area contributed by atoms with E-state index in [4.69, 9.17) is 5.73 Å². The van der Waals surface area contributed by atoms with Gasteiger partial charge >= 0.3 is 11.4 Å². The molecule has 0 radical (unpaired) electrons. The predicted octanol–water partition coefficient (Wildman–Crippen LogP) is 0.976. The van der Waals surface area contributed by atoms with Crippen LogP contribution in [0.1, 0.15) is 5.56 Å². The lowest BCUT2D eigenvalue weighted by atomic mass is 10.1. The van der Waals surface area contributed by atoms with Crippen LogP contribution in [-0.4, -0.2) is 14.5 Å². The monoisotopic (exact) mass is 260 g/mol. The summed E-state index contributed by atoms with van der Waals surface area (Å²) in [5, 5.41) is 10.6. The Kier molecular flexibility index (Phi) is 3.56. The van der Waals surface area contributed by atoms with Gasteiger partial charge in [0.1, 0.15) is 6.20 Å². The van der Waals surface area contributed by atoms with Gasteiger partial charge < -0.3 is 5.73 Å². The van der Waals surface area contributed by atoms with Crippen LogP contribution < -0.4 is 11.4 Å². The fraction of sp³-hybridized carbons (Fsp3) is 0.167. The molecule has 1 aromatic heterocycles. The second-order valence-electron chi connectivity index (χ2n) is 4.04. The molecule has 7 nitrogen and oxygen atoms in total. The van der Waals surface area contributed by atoms with E-state index >= 15 is 0 Å². The molecule has 0 amide bonds. The number of hydrogen-bond acceptors (Lipinski definition) is 5. The highest BCUT2D eigenvalue weighted by atomic mass is 16.6. The molecule has 0 spiro atoms. The van der Waals surface area contributed by atoms with Crippen molar-refractivity contribution in [1.82, 2.24) is 9.55 Å². The topological polar surface area (TPSA) is 104 Å². The number of hydrogen-bond donors (Lipinski definition) is 1. The minimum atomic E-state index is -0.577. The Morgan fingerprint density at radius 1 is 1.32 bits per heavy atom. The van der Waals surface area contributed by atoms with E-state index in [-0.39, 0.29) is 5.69 Å². The summed E-state index contributed by atoms with van der Waals surface area (Å²) in [4.78, 5) is 25.0. The molecule has 1 heterocycles. The Morgan fingerprint density at radius 3 is 2.63 bits per heavy atom. The van der Waals surface area contributed by atoms with Gasteiger partial charge in [-0.2, -0.15) is 4.98 Å². The number of benzene rings is 1. The maximum atomic E-state index is 11.5. The Labute approximate surface area is 108 Å². The molecule has 2 rings (SSSR count). The first kappa shape index (κ1) is 12.7. The normalized spacial score (nSPS) is 10.3. The molecule has 2 aromatic rings. The third kappa shape index (κ3) is 3.15. The Balaban J connectivity index is 2.15. The van der Waals surface area contributed by atoms with Gasteiger partial charge in [-0.05, 0) is 24.1 Å². The van der Waals surface area contributed by atoms with Crippen molar-refractivity contribution in [3.63, 3.8) is 0 Å². The van der Waals surface area contributed by atoms with Crippen LogP contribution in [0.25, 0.3) is 0 Å². The Bertz CT molecular complexity index is 649. The zero-order valence-corrected chi connectivity index (χ0v) is 10.0. The average molecular weight is 260 g/mol. The van der Waals surface area contributed by atoms with Crippen molar-refractivity contribution in [1.29, 1.82) is 0 Å². The summed E-state index contributed by atoms with van der Waals surface area (Å²) >= 11 is 0. The minimum absolute atomic E-state index is 0.197. The quantitative estimate of drug-likeness (QED) is 0.501. The molecule has 0 unspecified atom stereocenters. The van der Waals surface area contributed by atoms with Crippen molar-refractivity contribution in [2.24, 2.45) is 0 Å². The summed E-state index contributed by atoms with van der Waals surface area (Å²) in [6.45, 7) is 0.331. The summed E-state index contributed by atoms with van der Waals surface area (Å²) in [6.07, 6.45) is 2.73. The Morgan fingerprint density at radius 2 is 2.00 bits per heavy atom. The molecule has 0 bridgehead atoms. The molecule has 7 heteroatoms. The number of nitrogens with zero attached hydrogens (tertiary/aromatic N) is 3. The maximum absolute atomic E-state index is 11.5. The smallest absolute Gasteiger partial charge is 0.347 e. The highest BCUT2D eigenvalue weighted by Gasteiger charge is 2.08.